The van der Waals surface area contributed by atoms with Gasteiger partial charge in [0.2, 0.25) is 0 Å². The van der Waals surface area contributed by atoms with Crippen molar-refractivity contribution in [1.82, 2.24) is 4.57 Å². The van der Waals surface area contributed by atoms with Crippen molar-refractivity contribution in [3.8, 4) is 11.8 Å². The number of rotatable bonds is 3. The first-order chi connectivity index (χ1) is 12.3. The van der Waals surface area contributed by atoms with Gasteiger partial charge in [0.05, 0.1) is 16.8 Å². The van der Waals surface area contributed by atoms with Gasteiger partial charge in [-0.15, -0.1) is 0 Å². The van der Waals surface area contributed by atoms with Crippen LogP contribution in [0.5, 0.6) is 0 Å². The largest absolute Gasteiger partial charge is 0.315 e. The van der Waals surface area contributed by atoms with Crippen LogP contribution in [-0.4, -0.2) is 10.4 Å². The van der Waals surface area contributed by atoms with E-state index in [-0.39, 0.29) is 5.92 Å². The van der Waals surface area contributed by atoms with Gasteiger partial charge in [-0.3, -0.25) is 4.79 Å². The third kappa shape index (κ3) is 2.77. The van der Waals surface area contributed by atoms with Crippen molar-refractivity contribution in [2.24, 2.45) is 5.92 Å². The Kier molecular flexibility index (Phi) is 3.95. The summed E-state index contributed by atoms with van der Waals surface area (Å²) in [6, 6.07) is 18.1. The Balaban J connectivity index is 1.79. The Labute approximate surface area is 146 Å². The molecule has 0 radical (unpaired) electrons. The van der Waals surface area contributed by atoms with Crippen LogP contribution in [0.1, 0.15) is 24.0 Å². The first-order valence-electron chi connectivity index (χ1n) is 8.56. The molecule has 0 N–H and O–H groups in total. The summed E-state index contributed by atoms with van der Waals surface area (Å²) in [5.41, 5.74) is 3.77. The van der Waals surface area contributed by atoms with Gasteiger partial charge < -0.3 is 4.57 Å². The number of Topliss-reactive ketones (excluding diaryl/α,β-unsaturated/α-hetero) is 1. The maximum Gasteiger partial charge on any atom is 0.140 e. The molecule has 3 heteroatoms. The van der Waals surface area contributed by atoms with Crippen LogP contribution in [0.25, 0.3) is 16.6 Å². The topological polar surface area (TPSA) is 45.8 Å². The summed E-state index contributed by atoms with van der Waals surface area (Å²) < 4.78 is 2.05. The Morgan fingerprint density at radius 1 is 1.12 bits per heavy atom. The molecule has 1 aromatic heterocycles. The van der Waals surface area contributed by atoms with Crippen LogP contribution in [0.2, 0.25) is 0 Å². The minimum atomic E-state index is -0.0194. The zero-order chi connectivity index (χ0) is 17.2. The molecule has 0 unspecified atom stereocenters. The van der Waals surface area contributed by atoms with Crippen molar-refractivity contribution in [3.63, 3.8) is 0 Å². The minimum Gasteiger partial charge on any atom is -0.315 e. The number of fused-ring (bicyclic) bond motifs is 1. The number of hydrogen-bond acceptors (Lipinski definition) is 2. The van der Waals surface area contributed by atoms with E-state index in [1.807, 2.05) is 42.6 Å². The van der Waals surface area contributed by atoms with E-state index in [1.165, 1.54) is 5.56 Å². The van der Waals surface area contributed by atoms with Crippen molar-refractivity contribution < 1.29 is 4.79 Å². The molecule has 4 rings (SSSR count). The molecule has 3 nitrogen and oxygen atoms in total. The first kappa shape index (κ1) is 15.4. The smallest absolute Gasteiger partial charge is 0.140 e. The number of carbonyl (C=O) groups is 1. The van der Waals surface area contributed by atoms with Gasteiger partial charge in [0.15, 0.2) is 0 Å². The molecular weight excluding hydrogens is 308 g/mol. The number of nitriles is 1. The van der Waals surface area contributed by atoms with Crippen LogP contribution in [0, 0.1) is 17.2 Å². The van der Waals surface area contributed by atoms with Crippen molar-refractivity contribution >= 4 is 16.7 Å². The second-order valence-corrected chi connectivity index (χ2v) is 6.41. The van der Waals surface area contributed by atoms with E-state index in [1.54, 1.807) is 0 Å². The summed E-state index contributed by atoms with van der Waals surface area (Å²) in [4.78, 5) is 12.2. The molecular formula is C22H18N2O. The predicted molar refractivity (Wildman–Crippen MR) is 98.6 cm³/mol. The highest BCUT2D eigenvalue weighted by atomic mass is 16.1. The average molecular weight is 326 g/mol. The third-order valence-electron chi connectivity index (χ3n) is 4.89. The highest BCUT2D eigenvalue weighted by Crippen LogP contribution is 2.28. The Hall–Kier alpha value is -3.12. The average Bonchev–Trinajstić information content (AvgIpc) is 3.08. The normalized spacial score (nSPS) is 16.9. The molecule has 25 heavy (non-hydrogen) atoms. The fourth-order valence-corrected chi connectivity index (χ4v) is 3.60. The molecule has 122 valence electrons. The molecule has 0 fully saturated rings. The zero-order valence-electron chi connectivity index (χ0n) is 13.9. The summed E-state index contributed by atoms with van der Waals surface area (Å²) in [6.45, 7) is 0. The van der Waals surface area contributed by atoms with Crippen molar-refractivity contribution in [1.29, 1.82) is 5.26 Å². The van der Waals surface area contributed by atoms with Gasteiger partial charge in [-0.2, -0.15) is 5.26 Å². The summed E-state index contributed by atoms with van der Waals surface area (Å²) in [6.07, 6.45) is 8.40. The molecule has 1 atom stereocenters. The molecule has 0 aliphatic heterocycles. The van der Waals surface area contributed by atoms with E-state index in [9.17, 15) is 10.1 Å². The third-order valence-corrected chi connectivity index (χ3v) is 4.89. The summed E-state index contributed by atoms with van der Waals surface area (Å²) >= 11 is 0. The van der Waals surface area contributed by atoms with Crippen LogP contribution in [0.15, 0.2) is 66.9 Å². The van der Waals surface area contributed by atoms with E-state index in [2.05, 4.69) is 34.9 Å². The summed E-state index contributed by atoms with van der Waals surface area (Å²) in [5, 5.41) is 10.5. The summed E-state index contributed by atoms with van der Waals surface area (Å²) in [7, 11) is 0. The minimum absolute atomic E-state index is 0.0194. The van der Waals surface area contributed by atoms with Crippen LogP contribution in [0.4, 0.5) is 0 Å². The van der Waals surface area contributed by atoms with E-state index < -0.39 is 0 Å². The van der Waals surface area contributed by atoms with Gasteiger partial charge in [0, 0.05) is 23.9 Å². The van der Waals surface area contributed by atoms with Crippen molar-refractivity contribution in [3.05, 3.63) is 78.0 Å². The van der Waals surface area contributed by atoms with E-state index in [0.717, 1.165) is 29.4 Å². The Morgan fingerprint density at radius 2 is 2.00 bits per heavy atom. The molecule has 0 saturated heterocycles. The Morgan fingerprint density at radius 3 is 2.84 bits per heavy atom. The quantitative estimate of drug-likeness (QED) is 0.661. The predicted octanol–water partition coefficient (Wildman–Crippen LogP) is 4.58. The summed E-state index contributed by atoms with van der Waals surface area (Å²) in [5.74, 6) is 0.308. The number of allylic oxidation sites excluding steroid dienone is 2. The molecule has 0 spiro atoms. The molecule has 1 aliphatic carbocycles. The maximum absolute atomic E-state index is 12.2. The monoisotopic (exact) mass is 326 g/mol. The van der Waals surface area contributed by atoms with Gasteiger partial charge in [0.25, 0.3) is 0 Å². The second kappa shape index (κ2) is 6.41. The van der Waals surface area contributed by atoms with Gasteiger partial charge >= 0.3 is 0 Å². The number of benzene rings is 2. The van der Waals surface area contributed by atoms with E-state index in [4.69, 9.17) is 0 Å². The van der Waals surface area contributed by atoms with Crippen molar-refractivity contribution in [2.45, 2.75) is 19.3 Å². The SMILES string of the molecule is N#Cc1ccccc1-n1ccc2c(C[C@H]3C=CCCC3=O)cccc21. The molecule has 0 saturated carbocycles. The standard InChI is InChI=1S/C22H18N2O/c23-15-18-7-1-3-9-20(18)24-13-12-19-16(8-5-10-21(19)24)14-17-6-2-4-11-22(17)25/h1-3,5-10,12-13,17H,4,11,14H2/t17-/m1/s1. The fourth-order valence-electron chi connectivity index (χ4n) is 3.60. The van der Waals surface area contributed by atoms with E-state index in [0.29, 0.717) is 17.8 Å². The van der Waals surface area contributed by atoms with Crippen LogP contribution < -0.4 is 0 Å². The van der Waals surface area contributed by atoms with Crippen LogP contribution >= 0.6 is 0 Å². The van der Waals surface area contributed by atoms with Gasteiger partial charge in [-0.1, -0.05) is 36.4 Å². The molecule has 3 aromatic rings. The Bertz CT molecular complexity index is 1020. The van der Waals surface area contributed by atoms with Crippen molar-refractivity contribution in [2.75, 3.05) is 0 Å². The highest BCUT2D eigenvalue weighted by molar-refractivity contribution is 5.88. The molecule has 0 amide bonds. The number of ketones is 1. The highest BCUT2D eigenvalue weighted by Gasteiger charge is 2.20. The van der Waals surface area contributed by atoms with Gasteiger partial charge in [-0.05, 0) is 42.7 Å². The lowest BCUT2D eigenvalue weighted by Gasteiger charge is -2.16. The number of carbonyl (C=O) groups excluding carboxylic acids is 1. The molecule has 1 aliphatic rings. The molecule has 0 bridgehead atoms. The zero-order valence-corrected chi connectivity index (χ0v) is 13.9. The number of hydrogen-bond donors (Lipinski definition) is 0. The van der Waals surface area contributed by atoms with E-state index >= 15 is 0 Å². The lowest BCUT2D eigenvalue weighted by molar-refractivity contribution is -0.121. The lowest BCUT2D eigenvalue weighted by atomic mass is 9.88. The van der Waals surface area contributed by atoms with Gasteiger partial charge in [-0.25, -0.2) is 0 Å². The molecule has 1 heterocycles. The second-order valence-electron chi connectivity index (χ2n) is 6.41. The number of nitrogens with zero attached hydrogens (tertiary/aromatic N) is 2. The van der Waals surface area contributed by atoms with Crippen LogP contribution in [0.3, 0.4) is 0 Å². The lowest BCUT2D eigenvalue weighted by Crippen LogP contribution is -2.17. The first-order valence-corrected chi connectivity index (χ1v) is 8.56. The van der Waals surface area contributed by atoms with Gasteiger partial charge in [0.1, 0.15) is 11.9 Å². The number of aromatic nitrogens is 1. The maximum atomic E-state index is 12.2. The molecule has 2 aromatic carbocycles. The fraction of sp³-hybridized carbons (Fsp3) is 0.182. The van der Waals surface area contributed by atoms with Crippen LogP contribution in [-0.2, 0) is 11.2 Å². The number of para-hydroxylation sites is 1.